The van der Waals surface area contributed by atoms with Crippen molar-refractivity contribution in [2.24, 2.45) is 0 Å². The van der Waals surface area contributed by atoms with E-state index >= 15 is 0 Å². The number of amides is 1. The molecule has 1 aromatic rings. The van der Waals surface area contributed by atoms with Gasteiger partial charge in [0.1, 0.15) is 6.04 Å². The molecule has 2 unspecified atom stereocenters. The van der Waals surface area contributed by atoms with E-state index in [0.717, 1.165) is 5.56 Å². The highest BCUT2D eigenvalue weighted by molar-refractivity contribution is 5.84. The zero-order chi connectivity index (χ0) is 15.6. The molecule has 1 aliphatic rings. The van der Waals surface area contributed by atoms with Gasteiger partial charge < -0.3 is 9.84 Å². The molecule has 1 saturated heterocycles. The zero-order valence-corrected chi connectivity index (χ0v) is 11.3. The maximum Gasteiger partial charge on any atom is 0.410 e. The summed E-state index contributed by atoms with van der Waals surface area (Å²) in [4.78, 5) is 23.7. The molecule has 1 aromatic carbocycles. The number of esters is 1. The molecular weight excluding hydrogens is 284 g/mol. The van der Waals surface area contributed by atoms with Crippen LogP contribution in [0.25, 0.3) is 0 Å². The van der Waals surface area contributed by atoms with Crippen molar-refractivity contribution in [3.05, 3.63) is 35.9 Å². The molecule has 0 radical (unpaired) electrons. The number of carbonyl (C=O) groups is 2. The van der Waals surface area contributed by atoms with Crippen molar-refractivity contribution in [2.45, 2.75) is 38.0 Å². The van der Waals surface area contributed by atoms with E-state index in [-0.39, 0.29) is 6.42 Å². The number of ether oxygens (including phenoxy) is 1. The summed E-state index contributed by atoms with van der Waals surface area (Å²) in [7, 11) is 0. The third-order valence-electron chi connectivity index (χ3n) is 3.20. The molecule has 1 fully saturated rings. The largest absolute Gasteiger partial charge is 0.465 e. The van der Waals surface area contributed by atoms with Crippen LogP contribution >= 0.6 is 0 Å². The molecule has 1 heterocycles. The summed E-state index contributed by atoms with van der Waals surface area (Å²) in [6, 6.07) is 7.32. The molecule has 0 bridgehead atoms. The second-order valence-corrected chi connectivity index (χ2v) is 5.06. The Labute approximate surface area is 120 Å². The Hall–Kier alpha value is -2.18. The highest BCUT2D eigenvalue weighted by Crippen LogP contribution is 2.30. The molecule has 114 valence electrons. The number of nitrogens with zero attached hydrogens (tertiary/aromatic N) is 1. The summed E-state index contributed by atoms with van der Waals surface area (Å²) in [5.41, 5.74) is 0.755. The normalized spacial score (nSPS) is 22.2. The summed E-state index contributed by atoms with van der Waals surface area (Å²) < 4.78 is 31.2. The van der Waals surface area contributed by atoms with Gasteiger partial charge in [-0.15, -0.1) is 0 Å². The Morgan fingerprint density at radius 1 is 1.38 bits per heavy atom. The Balaban J connectivity index is 2.19. The average Bonchev–Trinajstić information content (AvgIpc) is 2.65. The van der Waals surface area contributed by atoms with Gasteiger partial charge in [0.05, 0.1) is 0 Å². The highest BCUT2D eigenvalue weighted by Gasteiger charge is 2.48. The van der Waals surface area contributed by atoms with Crippen molar-refractivity contribution in [1.82, 2.24) is 4.90 Å². The topological polar surface area (TPSA) is 66.8 Å². The predicted octanol–water partition coefficient (Wildman–Crippen LogP) is 2.51. The number of carbonyl (C=O) groups excluding carboxylic acids is 1. The average molecular weight is 299 g/mol. The van der Waals surface area contributed by atoms with E-state index in [1.807, 2.05) is 0 Å². The molecule has 1 N–H and O–H groups in total. The van der Waals surface area contributed by atoms with Crippen molar-refractivity contribution in [3.8, 4) is 0 Å². The zero-order valence-electron chi connectivity index (χ0n) is 11.3. The van der Waals surface area contributed by atoms with Crippen LogP contribution in [-0.2, 0) is 16.0 Å². The first-order valence-electron chi connectivity index (χ1n) is 6.41. The summed E-state index contributed by atoms with van der Waals surface area (Å²) in [6.07, 6.45) is -3.28. The molecule has 2 rings (SSSR count). The fraction of sp³-hybridized carbons (Fsp3) is 0.429. The van der Waals surface area contributed by atoms with Crippen LogP contribution in [0.15, 0.2) is 30.3 Å². The van der Waals surface area contributed by atoms with Gasteiger partial charge in [-0.25, -0.2) is 18.4 Å². The Morgan fingerprint density at radius 2 is 2.00 bits per heavy atom. The fourth-order valence-corrected chi connectivity index (χ4v) is 2.32. The lowest BCUT2D eigenvalue weighted by atomic mass is 10.1. The van der Waals surface area contributed by atoms with Gasteiger partial charge in [0.25, 0.3) is 0 Å². The van der Waals surface area contributed by atoms with Crippen LogP contribution in [0, 0.1) is 0 Å². The number of cyclic esters (lactones) is 1. The van der Waals surface area contributed by atoms with Crippen LogP contribution < -0.4 is 0 Å². The molecule has 21 heavy (non-hydrogen) atoms. The Bertz CT molecular complexity index is 530. The summed E-state index contributed by atoms with van der Waals surface area (Å²) in [5, 5.41) is 9.20. The van der Waals surface area contributed by atoms with Crippen LogP contribution in [-0.4, -0.2) is 40.3 Å². The highest BCUT2D eigenvalue weighted by atomic mass is 19.3. The number of rotatable bonds is 4. The van der Waals surface area contributed by atoms with E-state index in [0.29, 0.717) is 11.8 Å². The number of hydrogen-bond acceptors (Lipinski definition) is 3. The maximum atomic E-state index is 13.1. The molecule has 0 aromatic heterocycles. The lowest BCUT2D eigenvalue weighted by Gasteiger charge is -2.24. The quantitative estimate of drug-likeness (QED) is 0.867. The standard InChI is InChI=1S/C14H15F2NO4/c1-14(15,16)8-10-12(18)21-11(17(10)13(19)20)7-9-5-3-2-4-6-9/h2-6,10-11H,7-8H2,1H3,(H,19,20). The molecule has 7 heteroatoms. The third kappa shape index (κ3) is 3.68. The molecule has 0 saturated carbocycles. The SMILES string of the molecule is CC(F)(F)CC1C(=O)OC(Cc2ccccc2)N1C(=O)O. The van der Waals surface area contributed by atoms with Gasteiger partial charge in [-0.3, -0.25) is 4.90 Å². The first-order valence-corrected chi connectivity index (χ1v) is 6.41. The number of hydrogen-bond donors (Lipinski definition) is 1. The van der Waals surface area contributed by atoms with Gasteiger partial charge in [0.2, 0.25) is 5.92 Å². The van der Waals surface area contributed by atoms with Crippen molar-refractivity contribution in [2.75, 3.05) is 0 Å². The maximum absolute atomic E-state index is 13.1. The van der Waals surface area contributed by atoms with Crippen LogP contribution in [0.2, 0.25) is 0 Å². The Kier molecular flexibility index (Phi) is 4.11. The van der Waals surface area contributed by atoms with Gasteiger partial charge in [-0.1, -0.05) is 30.3 Å². The van der Waals surface area contributed by atoms with Gasteiger partial charge in [0, 0.05) is 12.8 Å². The summed E-state index contributed by atoms with van der Waals surface area (Å²) >= 11 is 0. The van der Waals surface area contributed by atoms with E-state index in [2.05, 4.69) is 0 Å². The number of carboxylic acid groups (broad SMARTS) is 1. The van der Waals surface area contributed by atoms with Crippen LogP contribution in [0.1, 0.15) is 18.9 Å². The van der Waals surface area contributed by atoms with Gasteiger partial charge in [-0.05, 0) is 12.5 Å². The van der Waals surface area contributed by atoms with E-state index < -0.39 is 36.7 Å². The molecular formula is C14H15F2NO4. The summed E-state index contributed by atoms with van der Waals surface area (Å²) in [6.45, 7) is 0.644. The van der Waals surface area contributed by atoms with Crippen LogP contribution in [0.5, 0.6) is 0 Å². The van der Waals surface area contributed by atoms with E-state index in [1.54, 1.807) is 30.3 Å². The summed E-state index contributed by atoms with van der Waals surface area (Å²) in [5.74, 6) is -4.08. The number of alkyl halides is 2. The van der Waals surface area contributed by atoms with Crippen molar-refractivity contribution < 1.29 is 28.2 Å². The van der Waals surface area contributed by atoms with E-state index in [9.17, 15) is 23.5 Å². The smallest absolute Gasteiger partial charge is 0.410 e. The minimum atomic E-state index is -3.15. The number of benzene rings is 1. The van der Waals surface area contributed by atoms with Gasteiger partial charge >= 0.3 is 12.1 Å². The lowest BCUT2D eigenvalue weighted by Crippen LogP contribution is -2.44. The molecule has 1 aliphatic heterocycles. The predicted molar refractivity (Wildman–Crippen MR) is 68.9 cm³/mol. The second-order valence-electron chi connectivity index (χ2n) is 5.06. The van der Waals surface area contributed by atoms with E-state index in [1.165, 1.54) is 0 Å². The molecule has 5 nitrogen and oxygen atoms in total. The minimum Gasteiger partial charge on any atom is -0.465 e. The molecule has 0 aliphatic carbocycles. The van der Waals surface area contributed by atoms with Crippen molar-refractivity contribution in [1.29, 1.82) is 0 Å². The third-order valence-corrected chi connectivity index (χ3v) is 3.20. The molecule has 2 atom stereocenters. The lowest BCUT2D eigenvalue weighted by molar-refractivity contribution is -0.143. The minimum absolute atomic E-state index is 0.130. The van der Waals surface area contributed by atoms with Gasteiger partial charge in [-0.2, -0.15) is 0 Å². The monoisotopic (exact) mass is 299 g/mol. The second kappa shape index (κ2) is 5.67. The first kappa shape index (κ1) is 15.2. The van der Waals surface area contributed by atoms with E-state index in [4.69, 9.17) is 4.74 Å². The molecule has 0 spiro atoms. The number of halogens is 2. The van der Waals surface area contributed by atoms with Crippen LogP contribution in [0.4, 0.5) is 13.6 Å². The van der Waals surface area contributed by atoms with Gasteiger partial charge in [0.15, 0.2) is 6.23 Å². The Morgan fingerprint density at radius 3 is 2.52 bits per heavy atom. The van der Waals surface area contributed by atoms with Crippen LogP contribution in [0.3, 0.4) is 0 Å². The fourth-order valence-electron chi connectivity index (χ4n) is 2.32. The van der Waals surface area contributed by atoms with Crippen molar-refractivity contribution in [3.63, 3.8) is 0 Å². The first-order chi connectivity index (χ1) is 9.78. The molecule has 1 amide bonds. The van der Waals surface area contributed by atoms with Crippen molar-refractivity contribution >= 4 is 12.1 Å².